The van der Waals surface area contributed by atoms with Gasteiger partial charge in [0.15, 0.2) is 0 Å². The van der Waals surface area contributed by atoms with Gasteiger partial charge in [-0.25, -0.2) is 4.79 Å². The second-order valence-corrected chi connectivity index (χ2v) is 5.46. The number of carbonyl (C=O) groups is 1. The summed E-state index contributed by atoms with van der Waals surface area (Å²) in [7, 11) is 2.97. The standard InChI is InChI=1S/C15H13ClO3S/c1-18-11-4-6-12(7-5-11)20-14-8-3-10(16)9-13(14)15(17)19-2/h3-9H,1-2H3. The van der Waals surface area contributed by atoms with Crippen LogP contribution < -0.4 is 4.74 Å². The maximum atomic E-state index is 11.8. The molecule has 0 fully saturated rings. The number of halogens is 1. The Balaban J connectivity index is 2.30. The van der Waals surface area contributed by atoms with E-state index in [1.54, 1.807) is 19.2 Å². The van der Waals surface area contributed by atoms with Crippen molar-refractivity contribution in [1.82, 2.24) is 0 Å². The summed E-state index contributed by atoms with van der Waals surface area (Å²) in [4.78, 5) is 13.6. The molecule has 0 spiro atoms. The second-order valence-electron chi connectivity index (χ2n) is 3.91. The molecule has 0 aliphatic heterocycles. The van der Waals surface area contributed by atoms with Gasteiger partial charge >= 0.3 is 5.97 Å². The monoisotopic (exact) mass is 308 g/mol. The Kier molecular flexibility index (Phi) is 4.93. The highest BCUT2D eigenvalue weighted by atomic mass is 35.5. The Morgan fingerprint density at radius 2 is 1.80 bits per heavy atom. The lowest BCUT2D eigenvalue weighted by Gasteiger charge is -2.08. The van der Waals surface area contributed by atoms with Crippen molar-refractivity contribution in [1.29, 1.82) is 0 Å². The van der Waals surface area contributed by atoms with Crippen LogP contribution in [-0.2, 0) is 4.74 Å². The highest BCUT2D eigenvalue weighted by molar-refractivity contribution is 7.99. The molecule has 0 unspecified atom stereocenters. The topological polar surface area (TPSA) is 35.5 Å². The SMILES string of the molecule is COC(=O)c1cc(Cl)ccc1Sc1ccc(OC)cc1. The van der Waals surface area contributed by atoms with E-state index in [0.29, 0.717) is 10.6 Å². The van der Waals surface area contributed by atoms with Gasteiger partial charge in [0, 0.05) is 14.8 Å². The van der Waals surface area contributed by atoms with E-state index in [1.165, 1.54) is 18.9 Å². The van der Waals surface area contributed by atoms with Crippen LogP contribution >= 0.6 is 23.4 Å². The molecule has 0 radical (unpaired) electrons. The Morgan fingerprint density at radius 3 is 2.40 bits per heavy atom. The fourth-order valence-corrected chi connectivity index (χ4v) is 2.72. The Morgan fingerprint density at radius 1 is 1.10 bits per heavy atom. The molecule has 0 heterocycles. The van der Waals surface area contributed by atoms with E-state index < -0.39 is 5.97 Å². The number of benzene rings is 2. The molecule has 5 heteroatoms. The second kappa shape index (κ2) is 6.68. The molecule has 0 bridgehead atoms. The van der Waals surface area contributed by atoms with Gasteiger partial charge in [-0.2, -0.15) is 0 Å². The summed E-state index contributed by atoms with van der Waals surface area (Å²) in [6.45, 7) is 0. The number of hydrogen-bond donors (Lipinski definition) is 0. The summed E-state index contributed by atoms with van der Waals surface area (Å²) in [5.41, 5.74) is 0.459. The Bertz CT molecular complexity index is 611. The lowest BCUT2D eigenvalue weighted by molar-refractivity contribution is 0.0597. The predicted molar refractivity (Wildman–Crippen MR) is 79.9 cm³/mol. The number of esters is 1. The molecular formula is C15H13ClO3S. The van der Waals surface area contributed by atoms with Crippen LogP contribution in [-0.4, -0.2) is 20.2 Å². The van der Waals surface area contributed by atoms with Gasteiger partial charge in [0.2, 0.25) is 0 Å². The minimum atomic E-state index is -0.400. The maximum Gasteiger partial charge on any atom is 0.339 e. The molecule has 0 aliphatic carbocycles. The largest absolute Gasteiger partial charge is 0.497 e. The van der Waals surface area contributed by atoms with Gasteiger partial charge in [-0.3, -0.25) is 0 Å². The first kappa shape index (κ1) is 14.8. The van der Waals surface area contributed by atoms with Gasteiger partial charge in [-0.1, -0.05) is 23.4 Å². The van der Waals surface area contributed by atoms with E-state index in [2.05, 4.69) is 0 Å². The normalized spacial score (nSPS) is 10.2. The van der Waals surface area contributed by atoms with Gasteiger partial charge in [0.1, 0.15) is 5.75 Å². The molecule has 0 amide bonds. The van der Waals surface area contributed by atoms with Crippen molar-refractivity contribution in [2.24, 2.45) is 0 Å². The summed E-state index contributed by atoms with van der Waals surface area (Å²) in [5, 5.41) is 0.504. The number of hydrogen-bond acceptors (Lipinski definition) is 4. The Labute approximate surface area is 126 Å². The molecule has 0 saturated heterocycles. The molecule has 3 nitrogen and oxygen atoms in total. The van der Waals surface area contributed by atoms with Gasteiger partial charge in [-0.15, -0.1) is 0 Å². The zero-order valence-electron chi connectivity index (χ0n) is 11.1. The molecule has 104 valence electrons. The Hall–Kier alpha value is -1.65. The molecule has 0 saturated carbocycles. The highest BCUT2D eigenvalue weighted by Crippen LogP contribution is 2.33. The smallest absolute Gasteiger partial charge is 0.339 e. The van der Waals surface area contributed by atoms with Crippen LogP contribution in [0.2, 0.25) is 5.02 Å². The van der Waals surface area contributed by atoms with E-state index in [9.17, 15) is 4.79 Å². The first-order valence-electron chi connectivity index (χ1n) is 5.84. The van der Waals surface area contributed by atoms with Gasteiger partial charge in [-0.05, 0) is 42.5 Å². The van der Waals surface area contributed by atoms with E-state index in [4.69, 9.17) is 21.1 Å². The molecular weight excluding hydrogens is 296 g/mol. The predicted octanol–water partition coefficient (Wildman–Crippen LogP) is 4.29. The molecule has 0 aromatic heterocycles. The average Bonchev–Trinajstić information content (AvgIpc) is 2.49. The first-order chi connectivity index (χ1) is 9.63. The van der Waals surface area contributed by atoms with Crippen LogP contribution in [0, 0.1) is 0 Å². The fourth-order valence-electron chi connectivity index (χ4n) is 1.63. The number of rotatable bonds is 4. The summed E-state index contributed by atoms with van der Waals surface area (Å²) < 4.78 is 9.89. The van der Waals surface area contributed by atoms with Crippen molar-refractivity contribution in [3.05, 3.63) is 53.1 Å². The molecule has 2 aromatic carbocycles. The van der Waals surface area contributed by atoms with E-state index in [1.807, 2.05) is 30.3 Å². The highest BCUT2D eigenvalue weighted by Gasteiger charge is 2.13. The summed E-state index contributed by atoms with van der Waals surface area (Å²) >= 11 is 7.40. The minimum absolute atomic E-state index is 0.400. The van der Waals surface area contributed by atoms with E-state index in [0.717, 1.165) is 15.5 Å². The first-order valence-corrected chi connectivity index (χ1v) is 7.03. The number of carbonyl (C=O) groups excluding carboxylic acids is 1. The molecule has 2 aromatic rings. The van der Waals surface area contributed by atoms with Gasteiger partial charge in [0.05, 0.1) is 19.8 Å². The zero-order chi connectivity index (χ0) is 14.5. The summed E-state index contributed by atoms with van der Waals surface area (Å²) in [5.74, 6) is 0.391. The van der Waals surface area contributed by atoms with Crippen molar-refractivity contribution in [3.8, 4) is 5.75 Å². The third-order valence-corrected chi connectivity index (χ3v) is 3.95. The molecule has 20 heavy (non-hydrogen) atoms. The van der Waals surface area contributed by atoms with Gasteiger partial charge < -0.3 is 9.47 Å². The number of ether oxygens (including phenoxy) is 2. The third-order valence-electron chi connectivity index (χ3n) is 2.63. The molecule has 2 rings (SSSR count). The van der Waals surface area contributed by atoms with Crippen LogP contribution in [0.1, 0.15) is 10.4 Å². The lowest BCUT2D eigenvalue weighted by atomic mass is 10.2. The zero-order valence-corrected chi connectivity index (χ0v) is 12.6. The van der Waals surface area contributed by atoms with Crippen molar-refractivity contribution in [3.63, 3.8) is 0 Å². The van der Waals surface area contributed by atoms with Crippen molar-refractivity contribution in [2.45, 2.75) is 9.79 Å². The lowest BCUT2D eigenvalue weighted by Crippen LogP contribution is -2.02. The van der Waals surface area contributed by atoms with E-state index in [-0.39, 0.29) is 0 Å². The fraction of sp³-hybridized carbons (Fsp3) is 0.133. The summed E-state index contributed by atoms with van der Waals surface area (Å²) in [6.07, 6.45) is 0. The van der Waals surface area contributed by atoms with Crippen molar-refractivity contribution >= 4 is 29.3 Å². The minimum Gasteiger partial charge on any atom is -0.497 e. The van der Waals surface area contributed by atoms with Crippen LogP contribution in [0.15, 0.2) is 52.3 Å². The van der Waals surface area contributed by atoms with Crippen LogP contribution in [0.4, 0.5) is 0 Å². The molecule has 0 N–H and O–H groups in total. The van der Waals surface area contributed by atoms with E-state index >= 15 is 0 Å². The average molecular weight is 309 g/mol. The molecule has 0 aliphatic rings. The van der Waals surface area contributed by atoms with Crippen molar-refractivity contribution in [2.75, 3.05) is 14.2 Å². The van der Waals surface area contributed by atoms with Crippen molar-refractivity contribution < 1.29 is 14.3 Å². The van der Waals surface area contributed by atoms with Gasteiger partial charge in [0.25, 0.3) is 0 Å². The summed E-state index contributed by atoms with van der Waals surface area (Å²) in [6, 6.07) is 12.8. The quantitative estimate of drug-likeness (QED) is 0.790. The maximum absolute atomic E-state index is 11.8. The molecule has 0 atom stereocenters. The number of methoxy groups -OCH3 is 2. The van der Waals surface area contributed by atoms with Crippen LogP contribution in [0.25, 0.3) is 0 Å². The third kappa shape index (κ3) is 3.46. The van der Waals surface area contributed by atoms with Crippen LogP contribution in [0.3, 0.4) is 0 Å². The van der Waals surface area contributed by atoms with Crippen LogP contribution in [0.5, 0.6) is 5.75 Å².